The van der Waals surface area contributed by atoms with Crippen LogP contribution in [-0.4, -0.2) is 66.6 Å². The second-order valence-corrected chi connectivity index (χ2v) is 25.5. The lowest BCUT2D eigenvalue weighted by molar-refractivity contribution is -0.117. The minimum absolute atomic E-state index is 0.0127. The second-order valence-electron chi connectivity index (χ2n) is 25.5. The molecule has 0 spiro atoms. The van der Waals surface area contributed by atoms with Crippen molar-refractivity contribution >= 4 is 110 Å². The topological polar surface area (TPSA) is 278 Å². The van der Waals surface area contributed by atoms with Crippen LogP contribution in [0.1, 0.15) is 112 Å². The zero-order valence-corrected chi connectivity index (χ0v) is 54.0. The van der Waals surface area contributed by atoms with Gasteiger partial charge in [-0.25, -0.2) is 0 Å². The predicted molar refractivity (Wildman–Crippen MR) is 381 cm³/mol. The Morgan fingerprint density at radius 1 is 0.402 bits per heavy atom. The molecule has 2 aliphatic rings. The van der Waals surface area contributed by atoms with E-state index in [1.807, 2.05) is 117 Å². The highest BCUT2D eigenvalue weighted by Gasteiger charge is 2.39. The van der Waals surface area contributed by atoms with Gasteiger partial charge < -0.3 is 50.3 Å². The summed E-state index contributed by atoms with van der Waals surface area (Å²) in [7, 11) is 2.80. The van der Waals surface area contributed by atoms with Crippen molar-refractivity contribution in [2.75, 3.05) is 14.2 Å². The Morgan fingerprint density at radius 3 is 1.06 bits per heavy atom. The number of phenolic OH excluding ortho intramolecular Hbond substituents is 4. The van der Waals surface area contributed by atoms with Gasteiger partial charge in [-0.2, -0.15) is 0 Å². The van der Waals surface area contributed by atoms with Crippen LogP contribution < -0.4 is 31.2 Å². The summed E-state index contributed by atoms with van der Waals surface area (Å²) in [5.41, 5.74) is 7.55. The number of benzene rings is 13. The zero-order valence-electron chi connectivity index (χ0n) is 54.0. The van der Waals surface area contributed by atoms with E-state index in [0.29, 0.717) is 136 Å². The Kier molecular flexibility index (Phi) is 16.0. The van der Waals surface area contributed by atoms with Crippen LogP contribution in [0.2, 0.25) is 0 Å². The highest BCUT2D eigenvalue weighted by molar-refractivity contribution is 6.40. The molecule has 486 valence electrons. The maximum absolute atomic E-state index is 14.1. The Balaban J connectivity index is 0.000000168. The van der Waals surface area contributed by atoms with Gasteiger partial charge in [0.15, 0.2) is 44.7 Å². The van der Waals surface area contributed by atoms with E-state index in [9.17, 15) is 64.8 Å². The number of aryl methyl sites for hydroxylation is 2. The van der Waals surface area contributed by atoms with Crippen LogP contribution in [0.4, 0.5) is 0 Å². The molecule has 8 N–H and O–H groups in total. The summed E-state index contributed by atoms with van der Waals surface area (Å²) in [6, 6.07) is 34.6. The van der Waals surface area contributed by atoms with Crippen molar-refractivity contribution in [3.05, 3.63) is 240 Å². The molecule has 0 aliphatic heterocycles. The number of carbonyl (C=O) groups is 1. The van der Waals surface area contributed by atoms with E-state index < -0.39 is 65.7 Å². The number of methoxy groups -OCH3 is 2. The Labute approximate surface area is 553 Å². The molecular formula is C81H67NO15. The third kappa shape index (κ3) is 9.55. The molecule has 16 nitrogen and oxygen atoms in total. The van der Waals surface area contributed by atoms with E-state index in [4.69, 9.17) is 14.5 Å². The number of carbonyl (C=O) groups excluding carboxylic acids is 1. The fourth-order valence-corrected chi connectivity index (χ4v) is 16.2. The molecule has 2 atom stereocenters. The first kappa shape index (κ1) is 63.5. The van der Waals surface area contributed by atoms with E-state index in [1.165, 1.54) is 45.4 Å². The standard InChI is InChI=1S/C44H37NO7.C37H30O8/c1-22-16-29-28(15-14-24-10-6-4-7-11-24)42(50)36-30(48)17-26(20-46)33-34-27(21-47)18-31(49)37-39(34)40(35(29)38(33)36)41(44(52-3)43(37)51)32(22)23(2)45-19-25-12-8-5-9-13-25;1-16-11-22-21(10-9-18-7-5-4-6-8-18)35(43)29-23(41)12-19(14-38)26-27-20(15-39)13-24(42)30-32(27)33(28(22)31(26)29)34(25(16)17(2)40)37(45-3)36(30)44/h4-13,16-18,32,46-47,50-51H,14-15,19-21H2,1-3H3;4-8,11-13,25,38-39,43-44H,9-10,14-15H2,1-3H3. The summed E-state index contributed by atoms with van der Waals surface area (Å²) in [4.78, 5) is 74.0. The molecule has 0 aromatic heterocycles. The lowest BCUT2D eigenvalue weighted by Gasteiger charge is -2.26. The third-order valence-corrected chi connectivity index (χ3v) is 20.2. The zero-order chi connectivity index (χ0) is 68.3. The Morgan fingerprint density at radius 2 is 0.722 bits per heavy atom. The number of nitrogens with zero attached hydrogens (tertiary/aromatic N) is 1. The number of phenols is 4. The Hall–Kier alpha value is -10.9. The lowest BCUT2D eigenvalue weighted by Crippen LogP contribution is -2.15. The number of fused-ring (bicyclic) bond motifs is 2. The van der Waals surface area contributed by atoms with Crippen molar-refractivity contribution in [1.82, 2.24) is 0 Å². The smallest absolute Gasteiger partial charge is 0.190 e. The summed E-state index contributed by atoms with van der Waals surface area (Å²) < 4.78 is 11.8. The molecule has 0 fully saturated rings. The van der Waals surface area contributed by atoms with Crippen LogP contribution in [0.3, 0.4) is 0 Å². The van der Waals surface area contributed by atoms with Gasteiger partial charge >= 0.3 is 0 Å². The summed E-state index contributed by atoms with van der Waals surface area (Å²) in [5, 5.41) is 95.7. The van der Waals surface area contributed by atoms with Crippen molar-refractivity contribution in [1.29, 1.82) is 0 Å². The van der Waals surface area contributed by atoms with Crippen molar-refractivity contribution in [3.63, 3.8) is 0 Å². The van der Waals surface area contributed by atoms with Gasteiger partial charge in [0, 0.05) is 55.4 Å². The molecule has 15 rings (SSSR count). The summed E-state index contributed by atoms with van der Waals surface area (Å²) in [6.07, 6.45) is 5.72. The number of allylic oxidation sites excluding steroid dienone is 2. The van der Waals surface area contributed by atoms with E-state index in [1.54, 1.807) is 6.92 Å². The monoisotopic (exact) mass is 1290 g/mol. The van der Waals surface area contributed by atoms with E-state index >= 15 is 0 Å². The van der Waals surface area contributed by atoms with Crippen molar-refractivity contribution in [2.24, 2.45) is 4.99 Å². The number of aliphatic hydroxyl groups is 4. The van der Waals surface area contributed by atoms with Gasteiger partial charge in [0.1, 0.15) is 17.3 Å². The predicted octanol–water partition coefficient (Wildman–Crippen LogP) is 12.4. The molecule has 0 saturated carbocycles. The summed E-state index contributed by atoms with van der Waals surface area (Å²) in [5.74, 6) is -2.71. The summed E-state index contributed by atoms with van der Waals surface area (Å²) >= 11 is 0. The van der Waals surface area contributed by atoms with Crippen molar-refractivity contribution in [2.45, 2.75) is 98.2 Å². The average molecular weight is 1290 g/mol. The van der Waals surface area contributed by atoms with Gasteiger partial charge in [-0.05, 0) is 171 Å². The van der Waals surface area contributed by atoms with Crippen molar-refractivity contribution in [3.8, 4) is 34.5 Å². The number of hydrogen-bond donors (Lipinski definition) is 8. The number of rotatable bonds is 16. The first-order valence-corrected chi connectivity index (χ1v) is 32.1. The van der Waals surface area contributed by atoms with Crippen LogP contribution in [0, 0.1) is 0 Å². The van der Waals surface area contributed by atoms with Gasteiger partial charge in [0.25, 0.3) is 0 Å². The largest absolute Gasteiger partial charge is 0.507 e. The SMILES string of the molecule is COc1c(O)c2c(=O)cc(CO)c3c4c(CO)cc(=O)c5c(O)c(CCc6ccccc6)c6c(c(c1C(C(C)=NCc1ccccc1)C(C)=C6)c23)c54.COc1c(O)c2c(=O)cc(CO)c3c4c(CO)cc(=O)c5c(O)c(CCc6ccccc6)c6c(c(c1C(C(C)=O)C(C)=C6)c23)c54. The number of aliphatic hydroxyl groups excluding tert-OH is 4. The molecule has 97 heavy (non-hydrogen) atoms. The molecule has 13 aromatic rings. The molecule has 0 bridgehead atoms. The maximum atomic E-state index is 14.1. The van der Waals surface area contributed by atoms with Crippen LogP contribution >= 0.6 is 0 Å². The van der Waals surface area contributed by atoms with Gasteiger partial charge in [0.05, 0.1) is 74.7 Å². The van der Waals surface area contributed by atoms with Crippen LogP contribution in [0.25, 0.3) is 98.3 Å². The quantitative estimate of drug-likeness (QED) is 0.0254. The van der Waals surface area contributed by atoms with Crippen molar-refractivity contribution < 1.29 is 55.1 Å². The van der Waals surface area contributed by atoms with Gasteiger partial charge in [-0.1, -0.05) is 114 Å². The van der Waals surface area contributed by atoms with E-state index in [-0.39, 0.29) is 78.3 Å². The highest BCUT2D eigenvalue weighted by Crippen LogP contribution is 2.59. The molecule has 0 saturated heterocycles. The van der Waals surface area contributed by atoms with Gasteiger partial charge in [-0.3, -0.25) is 29.0 Å². The van der Waals surface area contributed by atoms with Crippen LogP contribution in [0.15, 0.2) is 151 Å². The third-order valence-electron chi connectivity index (χ3n) is 20.2. The highest BCUT2D eigenvalue weighted by atomic mass is 16.5. The first-order valence-electron chi connectivity index (χ1n) is 32.1. The normalized spacial score (nSPS) is 14.6. The minimum atomic E-state index is -0.896. The Bertz CT molecular complexity index is 5830. The number of hydrogen-bond acceptors (Lipinski definition) is 16. The minimum Gasteiger partial charge on any atom is -0.507 e. The molecule has 0 radical (unpaired) electrons. The van der Waals surface area contributed by atoms with Crippen LogP contribution in [-0.2, 0) is 63.5 Å². The fraction of sp³-hybridized carbons (Fsp3) is 0.210. The lowest BCUT2D eigenvalue weighted by atomic mass is 9.78. The first-order chi connectivity index (χ1) is 46.8. The van der Waals surface area contributed by atoms with Gasteiger partial charge in [0.2, 0.25) is 0 Å². The maximum Gasteiger partial charge on any atom is 0.190 e. The molecule has 0 amide bonds. The molecule has 13 aromatic carbocycles. The molecule has 2 unspecified atom stereocenters. The molecular weight excluding hydrogens is 1230 g/mol. The second kappa shape index (κ2) is 24.4. The number of Topliss-reactive ketones (excluding diaryl/α,β-unsaturated/α-hetero) is 1. The number of aliphatic imine (C=N–C) groups is 1. The number of ether oxygens (including phenoxy) is 2. The fourth-order valence-electron chi connectivity index (χ4n) is 16.2. The molecule has 0 heterocycles. The molecule has 16 heteroatoms. The average Bonchev–Trinajstić information content (AvgIpc) is 1.63. The van der Waals surface area contributed by atoms with E-state index in [0.717, 1.165) is 28.0 Å². The van der Waals surface area contributed by atoms with E-state index in [2.05, 4.69) is 0 Å². The molecule has 2 aliphatic carbocycles. The number of ketones is 1. The van der Waals surface area contributed by atoms with Gasteiger partial charge in [-0.15, -0.1) is 0 Å². The summed E-state index contributed by atoms with van der Waals surface area (Å²) in [6.45, 7) is 5.42. The number of aromatic hydroxyl groups is 4. The van der Waals surface area contributed by atoms with Crippen LogP contribution in [0.5, 0.6) is 34.5 Å².